The number of rotatable bonds is 9. The van der Waals surface area contributed by atoms with Crippen molar-refractivity contribution >= 4 is 23.1 Å². The summed E-state index contributed by atoms with van der Waals surface area (Å²) in [5.41, 5.74) is 1.36. The minimum absolute atomic E-state index is 0.157. The number of nitrogens with zero attached hydrogens (tertiary/aromatic N) is 1. The smallest absolute Gasteiger partial charge is 0.0985 e. The number of unbranched alkanes of at least 4 members (excludes halogenated alkanes) is 3. The summed E-state index contributed by atoms with van der Waals surface area (Å²) in [4.78, 5) is 6.16. The fraction of sp³-hybridized carbons (Fsp3) is 0.824. The van der Waals surface area contributed by atoms with Crippen molar-refractivity contribution < 1.29 is 0 Å². The highest BCUT2D eigenvalue weighted by molar-refractivity contribution is 7.98. The second-order valence-corrected chi connectivity index (χ2v) is 8.82. The van der Waals surface area contributed by atoms with Crippen LogP contribution in [-0.4, -0.2) is 23.5 Å². The van der Waals surface area contributed by atoms with Gasteiger partial charge in [-0.2, -0.15) is 11.8 Å². The second kappa shape index (κ2) is 9.16. The minimum Gasteiger partial charge on any atom is -0.309 e. The van der Waals surface area contributed by atoms with Crippen LogP contribution < -0.4 is 5.32 Å². The van der Waals surface area contributed by atoms with E-state index in [1.807, 2.05) is 23.1 Å². The molecule has 1 heterocycles. The Morgan fingerprint density at radius 1 is 1.19 bits per heavy atom. The van der Waals surface area contributed by atoms with Crippen LogP contribution in [0.5, 0.6) is 0 Å². The van der Waals surface area contributed by atoms with E-state index in [1.54, 1.807) is 0 Å². The number of nitrogens with one attached hydrogen (secondary N) is 1. The van der Waals surface area contributed by atoms with E-state index >= 15 is 0 Å². The van der Waals surface area contributed by atoms with E-state index in [2.05, 4.69) is 46.2 Å². The fourth-order valence-corrected chi connectivity index (χ4v) is 3.91. The Morgan fingerprint density at radius 3 is 2.43 bits per heavy atom. The van der Waals surface area contributed by atoms with Crippen LogP contribution in [0, 0.1) is 6.92 Å². The van der Waals surface area contributed by atoms with Gasteiger partial charge in [0.1, 0.15) is 0 Å². The van der Waals surface area contributed by atoms with Gasteiger partial charge in [0.2, 0.25) is 0 Å². The van der Waals surface area contributed by atoms with Gasteiger partial charge in [-0.15, -0.1) is 11.3 Å². The number of aryl methyl sites for hydroxylation is 1. The highest BCUT2D eigenvalue weighted by Gasteiger charge is 2.22. The standard InChI is InChI=1S/C17H32N2S2/c1-13(18-11-9-7-8-10-12-20-6)15-14(2)19-16(21-15)17(3,4)5/h13,18H,7-12H2,1-6H3. The van der Waals surface area contributed by atoms with Crippen molar-refractivity contribution in [2.24, 2.45) is 0 Å². The van der Waals surface area contributed by atoms with Crippen LogP contribution in [0.3, 0.4) is 0 Å². The summed E-state index contributed by atoms with van der Waals surface area (Å²) in [6.45, 7) is 12.2. The predicted molar refractivity (Wildman–Crippen MR) is 98.8 cm³/mol. The molecular weight excluding hydrogens is 296 g/mol. The summed E-state index contributed by atoms with van der Waals surface area (Å²) in [7, 11) is 0. The van der Waals surface area contributed by atoms with E-state index < -0.39 is 0 Å². The quantitative estimate of drug-likeness (QED) is 0.621. The lowest BCUT2D eigenvalue weighted by Gasteiger charge is -2.14. The molecule has 0 amide bonds. The zero-order chi connectivity index (χ0) is 15.9. The van der Waals surface area contributed by atoms with Crippen molar-refractivity contribution in [2.45, 2.75) is 71.8 Å². The van der Waals surface area contributed by atoms with Gasteiger partial charge in [-0.05, 0) is 45.2 Å². The molecule has 0 aliphatic rings. The van der Waals surface area contributed by atoms with Gasteiger partial charge in [-0.25, -0.2) is 4.98 Å². The maximum Gasteiger partial charge on any atom is 0.0985 e. The van der Waals surface area contributed by atoms with Gasteiger partial charge in [-0.3, -0.25) is 0 Å². The first-order valence-electron chi connectivity index (χ1n) is 8.06. The molecule has 1 rings (SSSR count). The topological polar surface area (TPSA) is 24.9 Å². The lowest BCUT2D eigenvalue weighted by atomic mass is 9.98. The molecule has 1 aromatic rings. The van der Waals surface area contributed by atoms with Gasteiger partial charge < -0.3 is 5.32 Å². The van der Waals surface area contributed by atoms with Crippen molar-refractivity contribution in [1.82, 2.24) is 10.3 Å². The van der Waals surface area contributed by atoms with E-state index in [9.17, 15) is 0 Å². The number of aromatic nitrogens is 1. The molecule has 1 unspecified atom stereocenters. The largest absolute Gasteiger partial charge is 0.309 e. The molecule has 0 aromatic carbocycles. The van der Waals surface area contributed by atoms with Gasteiger partial charge in [0, 0.05) is 16.3 Å². The Bertz CT molecular complexity index is 407. The van der Waals surface area contributed by atoms with Crippen LogP contribution in [-0.2, 0) is 5.41 Å². The first-order valence-corrected chi connectivity index (χ1v) is 10.3. The molecule has 0 saturated carbocycles. The SMILES string of the molecule is CSCCCCCCNC(C)c1sc(C(C)(C)C)nc1C. The fourth-order valence-electron chi connectivity index (χ4n) is 2.27. The van der Waals surface area contributed by atoms with E-state index in [0.717, 1.165) is 6.54 Å². The van der Waals surface area contributed by atoms with Crippen LogP contribution >= 0.6 is 23.1 Å². The summed E-state index contributed by atoms with van der Waals surface area (Å²) >= 11 is 3.83. The third-order valence-corrected chi connectivity index (χ3v) is 6.06. The van der Waals surface area contributed by atoms with Gasteiger partial charge in [0.15, 0.2) is 0 Å². The summed E-state index contributed by atoms with van der Waals surface area (Å²) in [5.74, 6) is 1.31. The third kappa shape index (κ3) is 6.70. The molecule has 122 valence electrons. The molecule has 4 heteroatoms. The average molecular weight is 329 g/mol. The highest BCUT2D eigenvalue weighted by atomic mass is 32.2. The third-order valence-electron chi connectivity index (χ3n) is 3.59. The van der Waals surface area contributed by atoms with Crippen LogP contribution in [0.25, 0.3) is 0 Å². The highest BCUT2D eigenvalue weighted by Crippen LogP contribution is 2.32. The van der Waals surface area contributed by atoms with E-state index in [1.165, 1.54) is 47.0 Å². The Labute approximate surface area is 139 Å². The number of thioether (sulfide) groups is 1. The van der Waals surface area contributed by atoms with Gasteiger partial charge in [0.25, 0.3) is 0 Å². The van der Waals surface area contributed by atoms with Gasteiger partial charge in [-0.1, -0.05) is 33.6 Å². The maximum absolute atomic E-state index is 4.76. The molecule has 0 aliphatic heterocycles. The number of hydrogen-bond acceptors (Lipinski definition) is 4. The average Bonchev–Trinajstić information content (AvgIpc) is 2.79. The zero-order valence-electron chi connectivity index (χ0n) is 14.6. The van der Waals surface area contributed by atoms with Crippen molar-refractivity contribution in [2.75, 3.05) is 18.6 Å². The predicted octanol–water partition coefficient (Wildman–Crippen LogP) is 5.32. The lowest BCUT2D eigenvalue weighted by Crippen LogP contribution is -2.19. The van der Waals surface area contributed by atoms with E-state index in [-0.39, 0.29) is 5.41 Å². The van der Waals surface area contributed by atoms with Crippen LogP contribution in [0.4, 0.5) is 0 Å². The summed E-state index contributed by atoms with van der Waals surface area (Å²) in [6, 6.07) is 0.421. The summed E-state index contributed by atoms with van der Waals surface area (Å²) < 4.78 is 0. The Hall–Kier alpha value is -0.0600. The molecule has 0 fully saturated rings. The van der Waals surface area contributed by atoms with Crippen LogP contribution in [0.15, 0.2) is 0 Å². The van der Waals surface area contributed by atoms with E-state index in [4.69, 9.17) is 4.98 Å². The van der Waals surface area contributed by atoms with E-state index in [0.29, 0.717) is 6.04 Å². The number of hydrogen-bond donors (Lipinski definition) is 1. The molecule has 0 saturated heterocycles. The van der Waals surface area contributed by atoms with Crippen molar-refractivity contribution in [3.63, 3.8) is 0 Å². The zero-order valence-corrected chi connectivity index (χ0v) is 16.2. The van der Waals surface area contributed by atoms with Gasteiger partial charge >= 0.3 is 0 Å². The van der Waals surface area contributed by atoms with Crippen LogP contribution in [0.1, 0.15) is 75.0 Å². The molecule has 0 bridgehead atoms. The first kappa shape index (κ1) is 19.0. The normalized spacial score (nSPS) is 13.6. The first-order chi connectivity index (χ1) is 9.86. The summed E-state index contributed by atoms with van der Waals surface area (Å²) in [5, 5.41) is 4.91. The monoisotopic (exact) mass is 328 g/mol. The molecule has 21 heavy (non-hydrogen) atoms. The van der Waals surface area contributed by atoms with Crippen molar-refractivity contribution in [1.29, 1.82) is 0 Å². The molecule has 0 aliphatic carbocycles. The molecule has 1 atom stereocenters. The molecule has 1 aromatic heterocycles. The Balaban J connectivity index is 2.35. The molecule has 0 spiro atoms. The molecule has 1 N–H and O–H groups in total. The minimum atomic E-state index is 0.157. The molecular formula is C17H32N2S2. The Kier molecular flexibility index (Phi) is 8.28. The number of thiazole rings is 1. The molecule has 0 radical (unpaired) electrons. The van der Waals surface area contributed by atoms with Crippen molar-refractivity contribution in [3.8, 4) is 0 Å². The Morgan fingerprint density at radius 2 is 1.86 bits per heavy atom. The molecule has 2 nitrogen and oxygen atoms in total. The maximum atomic E-state index is 4.76. The second-order valence-electron chi connectivity index (χ2n) is 6.80. The lowest BCUT2D eigenvalue weighted by molar-refractivity contribution is 0.540. The summed E-state index contributed by atoms with van der Waals surface area (Å²) in [6.07, 6.45) is 7.54. The van der Waals surface area contributed by atoms with Crippen molar-refractivity contribution in [3.05, 3.63) is 15.6 Å². The van der Waals surface area contributed by atoms with Crippen LogP contribution in [0.2, 0.25) is 0 Å². The van der Waals surface area contributed by atoms with Gasteiger partial charge in [0.05, 0.1) is 10.7 Å².